The van der Waals surface area contributed by atoms with Gasteiger partial charge in [-0.3, -0.25) is 5.73 Å². The predicted octanol–water partition coefficient (Wildman–Crippen LogP) is 2.71. The molecule has 27 heavy (non-hydrogen) atoms. The second kappa shape index (κ2) is 6.06. The third-order valence-electron chi connectivity index (χ3n) is 4.07. The summed E-state index contributed by atoms with van der Waals surface area (Å²) in [4.78, 5) is 16.1. The molecule has 0 amide bonds. The smallest absolute Gasteiger partial charge is 0.175 e. The monoisotopic (exact) mass is 380 g/mol. The molecule has 4 rings (SSSR count). The number of H-pyrrole nitrogens is 1. The fourth-order valence-corrected chi connectivity index (χ4v) is 3.33. The van der Waals surface area contributed by atoms with Crippen molar-refractivity contribution >= 4 is 26.7 Å². The van der Waals surface area contributed by atoms with E-state index in [2.05, 4.69) is 19.9 Å². The van der Waals surface area contributed by atoms with Crippen molar-refractivity contribution in [1.29, 1.82) is 0 Å². The van der Waals surface area contributed by atoms with Gasteiger partial charge in [0.05, 0.1) is 22.3 Å². The Morgan fingerprint density at radius 3 is 2.48 bits per heavy atom. The molecule has 0 aliphatic carbocycles. The first-order valence-electron chi connectivity index (χ1n) is 7.90. The first kappa shape index (κ1) is 17.0. The zero-order valence-corrected chi connectivity index (χ0v) is 14.9. The molecular formula is C18H14N5O3S. The standard InChI is InChI=1S/C18H14N5O3S/c1-27(25,26)11-7-5-10(6-8-11)13-9-20-17(19)16(21-13)18-22-12-3-2-4-14(24)15(12)23-18/h2-9,19,24H,1H3,(H,22,23). The highest BCUT2D eigenvalue weighted by Gasteiger charge is 2.15. The Labute approximate surface area is 154 Å². The number of phenols is 1. The molecule has 2 aromatic heterocycles. The lowest BCUT2D eigenvalue weighted by molar-refractivity contribution is 0.480. The van der Waals surface area contributed by atoms with Gasteiger partial charge in [0.1, 0.15) is 11.3 Å². The molecule has 0 fully saturated rings. The van der Waals surface area contributed by atoms with Gasteiger partial charge in [0.15, 0.2) is 27.2 Å². The van der Waals surface area contributed by atoms with Gasteiger partial charge in [-0.1, -0.05) is 18.2 Å². The minimum absolute atomic E-state index is 0.0296. The van der Waals surface area contributed by atoms with Crippen LogP contribution in [0.15, 0.2) is 53.6 Å². The van der Waals surface area contributed by atoms with Crippen LogP contribution in [-0.4, -0.2) is 39.7 Å². The van der Waals surface area contributed by atoms with E-state index in [0.717, 1.165) is 6.26 Å². The fourth-order valence-electron chi connectivity index (χ4n) is 2.70. The molecule has 0 saturated heterocycles. The Kier molecular flexibility index (Phi) is 3.81. The van der Waals surface area contributed by atoms with Crippen LogP contribution in [0.5, 0.6) is 5.75 Å². The van der Waals surface area contributed by atoms with Gasteiger partial charge in [-0.25, -0.2) is 23.4 Å². The summed E-state index contributed by atoms with van der Waals surface area (Å²) < 4.78 is 23.2. The van der Waals surface area contributed by atoms with Crippen molar-refractivity contribution in [3.05, 3.63) is 48.7 Å². The minimum atomic E-state index is -3.28. The number of fused-ring (bicyclic) bond motifs is 1. The summed E-state index contributed by atoms with van der Waals surface area (Å²) >= 11 is 0. The number of sulfone groups is 1. The van der Waals surface area contributed by atoms with E-state index in [1.54, 1.807) is 24.3 Å². The number of aromatic hydroxyl groups is 1. The summed E-state index contributed by atoms with van der Waals surface area (Å²) in [6, 6.07) is 11.2. The summed E-state index contributed by atoms with van der Waals surface area (Å²) in [6.45, 7) is 0. The number of aromatic nitrogens is 4. The highest BCUT2D eigenvalue weighted by atomic mass is 32.2. The van der Waals surface area contributed by atoms with Gasteiger partial charge < -0.3 is 10.1 Å². The normalized spacial score (nSPS) is 11.7. The zero-order chi connectivity index (χ0) is 19.2. The van der Waals surface area contributed by atoms with Crippen molar-refractivity contribution in [3.63, 3.8) is 0 Å². The molecule has 135 valence electrons. The van der Waals surface area contributed by atoms with Crippen LogP contribution in [0.2, 0.25) is 0 Å². The number of hydrogen-bond acceptors (Lipinski definition) is 6. The van der Waals surface area contributed by atoms with E-state index in [1.807, 2.05) is 0 Å². The maximum Gasteiger partial charge on any atom is 0.175 e. The maximum atomic E-state index is 11.6. The first-order valence-corrected chi connectivity index (χ1v) is 9.79. The summed E-state index contributed by atoms with van der Waals surface area (Å²) in [6.07, 6.45) is 2.59. The average molecular weight is 380 g/mol. The Hall–Kier alpha value is -3.46. The number of hydrogen-bond donors (Lipinski definition) is 2. The van der Waals surface area contributed by atoms with Crippen LogP contribution in [0.4, 0.5) is 5.82 Å². The van der Waals surface area contributed by atoms with Gasteiger partial charge >= 0.3 is 0 Å². The minimum Gasteiger partial charge on any atom is -0.506 e. The molecule has 0 spiro atoms. The van der Waals surface area contributed by atoms with Crippen LogP contribution in [0.3, 0.4) is 0 Å². The van der Waals surface area contributed by atoms with E-state index < -0.39 is 9.84 Å². The number of nitrogens with zero attached hydrogens (tertiary/aromatic N) is 3. The molecule has 9 heteroatoms. The average Bonchev–Trinajstić information content (AvgIpc) is 3.07. The van der Waals surface area contributed by atoms with Gasteiger partial charge in [0.2, 0.25) is 0 Å². The summed E-state index contributed by atoms with van der Waals surface area (Å²) in [5, 5.41) is 9.91. The van der Waals surface area contributed by atoms with Crippen molar-refractivity contribution in [2.24, 2.45) is 0 Å². The number of nitrogens with one attached hydrogen (secondary N) is 2. The Bertz CT molecular complexity index is 1260. The topological polar surface area (TPSA) is 133 Å². The number of para-hydroxylation sites is 1. The summed E-state index contributed by atoms with van der Waals surface area (Å²) in [7, 11) is -3.28. The van der Waals surface area contributed by atoms with Gasteiger partial charge in [-0.15, -0.1) is 0 Å². The number of benzene rings is 2. The highest BCUT2D eigenvalue weighted by molar-refractivity contribution is 7.90. The van der Waals surface area contributed by atoms with Crippen LogP contribution in [0, 0.1) is 0 Å². The van der Waals surface area contributed by atoms with E-state index in [9.17, 15) is 13.5 Å². The molecule has 1 radical (unpaired) electrons. The lowest BCUT2D eigenvalue weighted by Crippen LogP contribution is -1.97. The van der Waals surface area contributed by atoms with Crippen molar-refractivity contribution < 1.29 is 13.5 Å². The number of rotatable bonds is 3. The Morgan fingerprint density at radius 2 is 1.81 bits per heavy atom. The second-order valence-electron chi connectivity index (χ2n) is 6.01. The number of aromatic amines is 1. The van der Waals surface area contributed by atoms with Crippen LogP contribution in [0.1, 0.15) is 0 Å². The summed E-state index contributed by atoms with van der Waals surface area (Å²) in [5.41, 5.74) is 10.4. The third kappa shape index (κ3) is 3.08. The molecule has 2 heterocycles. The van der Waals surface area contributed by atoms with Crippen molar-refractivity contribution in [3.8, 4) is 28.5 Å². The predicted molar refractivity (Wildman–Crippen MR) is 100 cm³/mol. The van der Waals surface area contributed by atoms with Gasteiger partial charge in [0, 0.05) is 11.8 Å². The molecule has 0 aliphatic heterocycles. The first-order chi connectivity index (χ1) is 12.8. The molecule has 0 saturated carbocycles. The lowest BCUT2D eigenvalue weighted by Gasteiger charge is -2.05. The lowest BCUT2D eigenvalue weighted by atomic mass is 10.1. The third-order valence-corrected chi connectivity index (χ3v) is 5.19. The van der Waals surface area contributed by atoms with Gasteiger partial charge in [-0.2, -0.15) is 0 Å². The van der Waals surface area contributed by atoms with Gasteiger partial charge in [0.25, 0.3) is 0 Å². The molecular weight excluding hydrogens is 366 g/mol. The molecule has 3 N–H and O–H groups in total. The molecule has 0 atom stereocenters. The van der Waals surface area contributed by atoms with E-state index >= 15 is 0 Å². The quantitative estimate of drug-likeness (QED) is 0.561. The fraction of sp³-hybridized carbons (Fsp3) is 0.0556. The summed E-state index contributed by atoms with van der Waals surface area (Å²) in [5.74, 6) is 0.283. The van der Waals surface area contributed by atoms with Crippen molar-refractivity contribution in [2.45, 2.75) is 4.90 Å². The zero-order valence-electron chi connectivity index (χ0n) is 14.1. The second-order valence-corrected chi connectivity index (χ2v) is 8.02. The molecule has 0 bridgehead atoms. The SMILES string of the molecule is CS(=O)(=O)c1ccc(-c2cnc([NH])c(-c3nc4c(O)cccc4[nH]3)n2)cc1. The van der Waals surface area contributed by atoms with Crippen LogP contribution in [-0.2, 0) is 9.84 Å². The Balaban J connectivity index is 1.80. The molecule has 2 aromatic carbocycles. The number of phenolic OH excluding ortho intramolecular Hbond substituents is 1. The van der Waals surface area contributed by atoms with Crippen LogP contribution >= 0.6 is 0 Å². The van der Waals surface area contributed by atoms with Gasteiger partial charge in [-0.05, 0) is 24.3 Å². The van der Waals surface area contributed by atoms with E-state index in [-0.39, 0.29) is 22.2 Å². The van der Waals surface area contributed by atoms with E-state index in [4.69, 9.17) is 5.73 Å². The van der Waals surface area contributed by atoms with Crippen molar-refractivity contribution in [1.82, 2.24) is 25.7 Å². The molecule has 4 aromatic rings. The molecule has 8 nitrogen and oxygen atoms in total. The van der Waals surface area contributed by atoms with Crippen LogP contribution < -0.4 is 5.73 Å². The van der Waals surface area contributed by atoms with E-state index in [0.29, 0.717) is 28.1 Å². The Morgan fingerprint density at radius 1 is 1.07 bits per heavy atom. The van der Waals surface area contributed by atoms with Crippen molar-refractivity contribution in [2.75, 3.05) is 6.26 Å². The molecule has 0 unspecified atom stereocenters. The van der Waals surface area contributed by atoms with Crippen LogP contribution in [0.25, 0.3) is 33.8 Å². The maximum absolute atomic E-state index is 11.6. The van der Waals surface area contributed by atoms with E-state index in [1.165, 1.54) is 24.4 Å². The highest BCUT2D eigenvalue weighted by Crippen LogP contribution is 2.29. The number of imidazole rings is 1. The largest absolute Gasteiger partial charge is 0.506 e. The molecule has 0 aliphatic rings.